The summed E-state index contributed by atoms with van der Waals surface area (Å²) in [6, 6.07) is 6.19. The van der Waals surface area contributed by atoms with E-state index in [0.717, 1.165) is 12.1 Å². The standard InChI is InChI=1S/C16H14F3N5O2S/c1-27-14-11(8-20)13(23-15(21)24-14)26-6-5-12(25)22-10-4-2-3-9(7-10)16(17,18)19/h2-4,7H,5-6H2,1H3,(H,22,25)(H2,21,23,24). The van der Waals surface area contributed by atoms with Crippen LogP contribution in [0.4, 0.5) is 24.8 Å². The molecule has 3 N–H and O–H groups in total. The number of carbonyl (C=O) groups excluding carboxylic acids is 1. The fraction of sp³-hybridized carbons (Fsp3) is 0.250. The molecule has 1 aromatic carbocycles. The molecule has 27 heavy (non-hydrogen) atoms. The van der Waals surface area contributed by atoms with Gasteiger partial charge in [-0.05, 0) is 24.5 Å². The lowest BCUT2D eigenvalue weighted by Gasteiger charge is -2.11. The summed E-state index contributed by atoms with van der Waals surface area (Å²) in [6.07, 6.45) is -2.96. The van der Waals surface area contributed by atoms with Gasteiger partial charge >= 0.3 is 6.18 Å². The van der Waals surface area contributed by atoms with Crippen molar-refractivity contribution in [2.45, 2.75) is 17.6 Å². The highest BCUT2D eigenvalue weighted by molar-refractivity contribution is 7.98. The minimum Gasteiger partial charge on any atom is -0.476 e. The van der Waals surface area contributed by atoms with Crippen LogP contribution in [0.25, 0.3) is 0 Å². The number of benzene rings is 1. The molecule has 0 aliphatic rings. The molecule has 0 saturated carbocycles. The average molecular weight is 397 g/mol. The maximum atomic E-state index is 12.7. The Labute approximate surface area is 156 Å². The molecule has 0 radical (unpaired) electrons. The maximum Gasteiger partial charge on any atom is 0.416 e. The van der Waals surface area contributed by atoms with Crippen LogP contribution in [0.5, 0.6) is 5.88 Å². The second-order valence-corrected chi connectivity index (χ2v) is 5.90. The smallest absolute Gasteiger partial charge is 0.416 e. The number of ether oxygens (including phenoxy) is 1. The number of nitrogens with two attached hydrogens (primary N) is 1. The molecule has 2 aromatic rings. The van der Waals surface area contributed by atoms with Crippen molar-refractivity contribution < 1.29 is 22.7 Å². The van der Waals surface area contributed by atoms with Crippen LogP contribution in [0, 0.1) is 11.3 Å². The summed E-state index contributed by atoms with van der Waals surface area (Å²) in [5, 5.41) is 11.9. The van der Waals surface area contributed by atoms with Crippen molar-refractivity contribution in [3.8, 4) is 11.9 Å². The molecule has 1 heterocycles. The highest BCUT2D eigenvalue weighted by Crippen LogP contribution is 2.30. The van der Waals surface area contributed by atoms with Crippen molar-refractivity contribution in [3.05, 3.63) is 35.4 Å². The van der Waals surface area contributed by atoms with Gasteiger partial charge in [-0.15, -0.1) is 11.8 Å². The zero-order valence-corrected chi connectivity index (χ0v) is 14.8. The lowest BCUT2D eigenvalue weighted by atomic mass is 10.2. The van der Waals surface area contributed by atoms with E-state index >= 15 is 0 Å². The number of nitriles is 1. The largest absolute Gasteiger partial charge is 0.476 e. The van der Waals surface area contributed by atoms with E-state index in [4.69, 9.17) is 10.5 Å². The molecule has 0 aliphatic heterocycles. The highest BCUT2D eigenvalue weighted by atomic mass is 32.2. The van der Waals surface area contributed by atoms with Crippen LogP contribution in [0.2, 0.25) is 0 Å². The summed E-state index contributed by atoms with van der Waals surface area (Å²) in [5.74, 6) is -0.692. The number of amides is 1. The Morgan fingerprint density at radius 2 is 2.15 bits per heavy atom. The summed E-state index contributed by atoms with van der Waals surface area (Å²) in [4.78, 5) is 19.6. The second-order valence-electron chi connectivity index (χ2n) is 5.11. The number of alkyl halides is 3. The van der Waals surface area contributed by atoms with E-state index in [1.165, 1.54) is 23.9 Å². The van der Waals surface area contributed by atoms with Crippen LogP contribution in [0.15, 0.2) is 29.3 Å². The number of nitrogens with zero attached hydrogens (tertiary/aromatic N) is 3. The molecule has 0 aliphatic carbocycles. The van der Waals surface area contributed by atoms with E-state index in [0.29, 0.717) is 5.03 Å². The number of anilines is 2. The Morgan fingerprint density at radius 1 is 1.41 bits per heavy atom. The van der Waals surface area contributed by atoms with Crippen molar-refractivity contribution >= 4 is 29.3 Å². The van der Waals surface area contributed by atoms with Gasteiger partial charge in [0, 0.05) is 5.69 Å². The van der Waals surface area contributed by atoms with Crippen LogP contribution in [-0.4, -0.2) is 28.7 Å². The Morgan fingerprint density at radius 3 is 2.78 bits per heavy atom. The van der Waals surface area contributed by atoms with Gasteiger partial charge in [0.05, 0.1) is 18.6 Å². The Balaban J connectivity index is 1.98. The maximum absolute atomic E-state index is 12.7. The van der Waals surface area contributed by atoms with E-state index in [2.05, 4.69) is 15.3 Å². The minimum absolute atomic E-state index is 0.0171. The fourth-order valence-corrected chi connectivity index (χ4v) is 2.54. The molecule has 0 unspecified atom stereocenters. The number of hydrogen-bond acceptors (Lipinski definition) is 7. The van der Waals surface area contributed by atoms with Crippen molar-refractivity contribution in [1.29, 1.82) is 5.26 Å². The van der Waals surface area contributed by atoms with E-state index in [-0.39, 0.29) is 36.1 Å². The molecule has 0 fully saturated rings. The van der Waals surface area contributed by atoms with Gasteiger partial charge in [0.25, 0.3) is 0 Å². The predicted octanol–water partition coefficient (Wildman–Crippen LogP) is 3.08. The van der Waals surface area contributed by atoms with Gasteiger partial charge in [-0.2, -0.15) is 23.4 Å². The second kappa shape index (κ2) is 8.59. The number of thioether (sulfide) groups is 1. The fourth-order valence-electron chi connectivity index (χ4n) is 2.02. The van der Waals surface area contributed by atoms with Crippen LogP contribution in [-0.2, 0) is 11.0 Å². The van der Waals surface area contributed by atoms with Gasteiger partial charge in [-0.3, -0.25) is 4.79 Å². The van der Waals surface area contributed by atoms with E-state index < -0.39 is 17.6 Å². The molecular weight excluding hydrogens is 383 g/mol. The molecule has 0 bridgehead atoms. The Kier molecular flexibility index (Phi) is 6.46. The molecule has 11 heteroatoms. The quantitative estimate of drug-likeness (QED) is 0.569. The van der Waals surface area contributed by atoms with Crippen molar-refractivity contribution in [2.75, 3.05) is 23.9 Å². The first kappa shape index (κ1) is 20.3. The van der Waals surface area contributed by atoms with Gasteiger partial charge in [0.15, 0.2) is 0 Å². The Bertz CT molecular complexity index is 883. The van der Waals surface area contributed by atoms with Crippen molar-refractivity contribution in [3.63, 3.8) is 0 Å². The molecule has 0 spiro atoms. The SMILES string of the molecule is CSc1nc(N)nc(OCCC(=O)Nc2cccc(C(F)(F)F)c2)c1C#N. The molecule has 2 rings (SSSR count). The number of halogens is 3. The van der Waals surface area contributed by atoms with Crippen LogP contribution < -0.4 is 15.8 Å². The van der Waals surface area contributed by atoms with Crippen molar-refractivity contribution in [2.24, 2.45) is 0 Å². The zero-order chi connectivity index (χ0) is 20.0. The lowest BCUT2D eigenvalue weighted by Crippen LogP contribution is -2.16. The van der Waals surface area contributed by atoms with Gasteiger partial charge in [0.1, 0.15) is 16.7 Å². The van der Waals surface area contributed by atoms with E-state index in [9.17, 15) is 23.2 Å². The van der Waals surface area contributed by atoms with Crippen LogP contribution >= 0.6 is 11.8 Å². The molecule has 0 saturated heterocycles. The summed E-state index contributed by atoms with van der Waals surface area (Å²) in [6.45, 7) is -0.149. The number of carbonyl (C=O) groups is 1. The molecular formula is C16H14F3N5O2S. The summed E-state index contributed by atoms with van der Waals surface area (Å²) < 4.78 is 43.4. The first-order valence-corrected chi connectivity index (χ1v) is 8.68. The molecule has 142 valence electrons. The van der Waals surface area contributed by atoms with Crippen LogP contribution in [0.1, 0.15) is 17.5 Å². The van der Waals surface area contributed by atoms with E-state index in [1.807, 2.05) is 6.07 Å². The summed E-state index contributed by atoms with van der Waals surface area (Å²) in [7, 11) is 0. The molecule has 7 nitrogen and oxygen atoms in total. The first-order valence-electron chi connectivity index (χ1n) is 7.46. The average Bonchev–Trinajstić information content (AvgIpc) is 2.60. The molecule has 1 aromatic heterocycles. The number of rotatable bonds is 6. The van der Waals surface area contributed by atoms with Crippen molar-refractivity contribution in [1.82, 2.24) is 9.97 Å². The highest BCUT2D eigenvalue weighted by Gasteiger charge is 2.30. The third kappa shape index (κ3) is 5.49. The van der Waals surface area contributed by atoms with Gasteiger partial charge in [0.2, 0.25) is 17.7 Å². The molecule has 0 atom stereocenters. The predicted molar refractivity (Wildman–Crippen MR) is 93.1 cm³/mol. The van der Waals surface area contributed by atoms with Gasteiger partial charge in [-0.1, -0.05) is 6.07 Å². The Hall–Kier alpha value is -3.00. The van der Waals surface area contributed by atoms with Gasteiger partial charge < -0.3 is 15.8 Å². The number of nitrogen functional groups attached to an aromatic ring is 1. The zero-order valence-electron chi connectivity index (χ0n) is 14.0. The summed E-state index contributed by atoms with van der Waals surface area (Å²) >= 11 is 1.19. The van der Waals surface area contributed by atoms with Crippen LogP contribution in [0.3, 0.4) is 0 Å². The number of hydrogen-bond donors (Lipinski definition) is 2. The monoisotopic (exact) mass is 397 g/mol. The molecule has 1 amide bonds. The third-order valence-corrected chi connectivity index (χ3v) is 3.89. The number of nitrogens with one attached hydrogen (secondary N) is 1. The minimum atomic E-state index is -4.50. The lowest BCUT2D eigenvalue weighted by molar-refractivity contribution is -0.137. The van der Waals surface area contributed by atoms with Gasteiger partial charge in [-0.25, -0.2) is 4.98 Å². The topological polar surface area (TPSA) is 114 Å². The summed E-state index contributed by atoms with van der Waals surface area (Å²) in [5.41, 5.74) is 4.79. The normalized spacial score (nSPS) is 10.9. The van der Waals surface area contributed by atoms with E-state index in [1.54, 1.807) is 6.26 Å². The third-order valence-electron chi connectivity index (χ3n) is 3.21. The first-order chi connectivity index (χ1) is 12.7. The number of aromatic nitrogens is 2.